The molecule has 2 aromatic heterocycles. The van der Waals surface area contributed by atoms with Crippen molar-refractivity contribution in [3.8, 4) is 0 Å². The number of hydrogen-bond donors (Lipinski definition) is 1. The number of rotatable bonds is 0. The predicted octanol–water partition coefficient (Wildman–Crippen LogP) is 3.02. The summed E-state index contributed by atoms with van der Waals surface area (Å²) in [6.07, 6.45) is 1.89. The Bertz CT molecular complexity index is 608. The minimum absolute atomic E-state index is 0.969. The number of H-pyrrole nitrogens is 1. The average Bonchev–Trinajstić information content (AvgIpc) is 2.56. The van der Waals surface area contributed by atoms with Crippen molar-refractivity contribution in [2.24, 2.45) is 0 Å². The van der Waals surface area contributed by atoms with E-state index in [2.05, 4.69) is 41.2 Å². The molecular weight excluding hydrogens is 172 g/mol. The first-order valence-corrected chi connectivity index (χ1v) is 4.68. The molecule has 0 bridgehead atoms. The molecule has 68 valence electrons. The summed E-state index contributed by atoms with van der Waals surface area (Å²) in [7, 11) is 0. The molecule has 2 nitrogen and oxygen atoms in total. The monoisotopic (exact) mass is 182 g/mol. The Morgan fingerprint density at radius 1 is 1.14 bits per heavy atom. The van der Waals surface area contributed by atoms with Crippen LogP contribution in [0.15, 0.2) is 36.5 Å². The smallest absolute Gasteiger partial charge is 0.138 e. The van der Waals surface area contributed by atoms with Crippen molar-refractivity contribution in [3.05, 3.63) is 42.1 Å². The summed E-state index contributed by atoms with van der Waals surface area (Å²) >= 11 is 0. The van der Waals surface area contributed by atoms with E-state index in [-0.39, 0.29) is 0 Å². The highest BCUT2D eigenvalue weighted by Crippen LogP contribution is 2.23. The second-order valence-electron chi connectivity index (χ2n) is 3.58. The van der Waals surface area contributed by atoms with Crippen molar-refractivity contribution in [1.82, 2.24) is 9.97 Å². The third-order valence-corrected chi connectivity index (χ3v) is 2.49. The fourth-order valence-corrected chi connectivity index (χ4v) is 1.83. The number of aromatic amines is 1. The topological polar surface area (TPSA) is 28.7 Å². The lowest BCUT2D eigenvalue weighted by Crippen LogP contribution is -1.77. The summed E-state index contributed by atoms with van der Waals surface area (Å²) in [6, 6.07) is 10.4. The van der Waals surface area contributed by atoms with Crippen LogP contribution in [-0.2, 0) is 0 Å². The summed E-state index contributed by atoms with van der Waals surface area (Å²) in [5.41, 5.74) is 3.32. The zero-order valence-electron chi connectivity index (χ0n) is 7.91. The van der Waals surface area contributed by atoms with E-state index in [4.69, 9.17) is 0 Å². The lowest BCUT2D eigenvalue weighted by Gasteiger charge is -1.91. The molecule has 0 aliphatic carbocycles. The maximum Gasteiger partial charge on any atom is 0.138 e. The number of nitrogens with zero attached hydrogens (tertiary/aromatic N) is 1. The molecule has 0 aliphatic heterocycles. The Labute approximate surface area is 81.6 Å². The lowest BCUT2D eigenvalue weighted by atomic mass is 10.2. The van der Waals surface area contributed by atoms with Crippen LogP contribution < -0.4 is 0 Å². The van der Waals surface area contributed by atoms with Gasteiger partial charge in [-0.05, 0) is 24.6 Å². The average molecular weight is 182 g/mol. The van der Waals surface area contributed by atoms with Gasteiger partial charge in [0.1, 0.15) is 5.65 Å². The van der Waals surface area contributed by atoms with Crippen LogP contribution in [0.2, 0.25) is 0 Å². The highest BCUT2D eigenvalue weighted by atomic mass is 14.8. The molecule has 0 spiro atoms. The summed E-state index contributed by atoms with van der Waals surface area (Å²) in [5.74, 6) is 0. The van der Waals surface area contributed by atoms with Crippen molar-refractivity contribution in [1.29, 1.82) is 0 Å². The fraction of sp³-hybridized carbons (Fsp3) is 0.0833. The van der Waals surface area contributed by atoms with Gasteiger partial charge in [0.15, 0.2) is 0 Å². The first-order chi connectivity index (χ1) is 6.84. The van der Waals surface area contributed by atoms with Crippen molar-refractivity contribution in [3.63, 3.8) is 0 Å². The van der Waals surface area contributed by atoms with Crippen molar-refractivity contribution < 1.29 is 0 Å². The first-order valence-electron chi connectivity index (χ1n) is 4.68. The molecule has 0 amide bonds. The van der Waals surface area contributed by atoms with Crippen LogP contribution in [0.5, 0.6) is 0 Å². The Kier molecular flexibility index (Phi) is 1.39. The van der Waals surface area contributed by atoms with E-state index in [1.165, 1.54) is 16.3 Å². The van der Waals surface area contributed by atoms with Crippen LogP contribution in [0.1, 0.15) is 5.56 Å². The molecule has 1 aromatic carbocycles. The zero-order chi connectivity index (χ0) is 9.54. The molecule has 2 heterocycles. The minimum Gasteiger partial charge on any atom is -0.339 e. The predicted molar refractivity (Wildman–Crippen MR) is 58.3 cm³/mol. The Hall–Kier alpha value is -1.83. The third-order valence-electron chi connectivity index (χ3n) is 2.49. The van der Waals surface area contributed by atoms with Gasteiger partial charge in [0, 0.05) is 22.5 Å². The molecule has 3 aromatic rings. The maximum absolute atomic E-state index is 4.36. The molecule has 0 radical (unpaired) electrons. The molecule has 0 atom stereocenters. The van der Waals surface area contributed by atoms with Gasteiger partial charge in [-0.2, -0.15) is 0 Å². The number of pyridine rings is 1. The SMILES string of the molecule is Cc1cnc2[nH]c3ccccc3c2c1. The van der Waals surface area contributed by atoms with E-state index in [9.17, 15) is 0 Å². The van der Waals surface area contributed by atoms with E-state index >= 15 is 0 Å². The second-order valence-corrected chi connectivity index (χ2v) is 3.58. The minimum atomic E-state index is 0.969. The third kappa shape index (κ3) is 0.940. The molecule has 0 saturated carbocycles. The van der Waals surface area contributed by atoms with Crippen LogP contribution in [-0.4, -0.2) is 9.97 Å². The molecule has 0 aliphatic rings. The second kappa shape index (κ2) is 2.58. The molecular formula is C12H10N2. The fourth-order valence-electron chi connectivity index (χ4n) is 1.83. The van der Waals surface area contributed by atoms with E-state index in [1.807, 2.05) is 12.3 Å². The number of hydrogen-bond acceptors (Lipinski definition) is 1. The van der Waals surface area contributed by atoms with Crippen LogP contribution >= 0.6 is 0 Å². The number of fused-ring (bicyclic) bond motifs is 3. The van der Waals surface area contributed by atoms with Gasteiger partial charge in [0.25, 0.3) is 0 Å². The van der Waals surface area contributed by atoms with Crippen molar-refractivity contribution in [2.45, 2.75) is 6.92 Å². The number of aryl methyl sites for hydroxylation is 1. The van der Waals surface area contributed by atoms with Gasteiger partial charge in [-0.25, -0.2) is 4.98 Å². The van der Waals surface area contributed by atoms with E-state index in [0.717, 1.165) is 11.2 Å². The standard InChI is InChI=1S/C12H10N2/c1-8-6-10-9-4-2-3-5-11(9)14-12(10)13-7-8/h2-7H,1H3,(H,13,14). The summed E-state index contributed by atoms with van der Waals surface area (Å²) in [4.78, 5) is 7.66. The molecule has 0 fully saturated rings. The normalized spacial score (nSPS) is 11.2. The lowest BCUT2D eigenvalue weighted by molar-refractivity contribution is 1.30. The molecule has 0 unspecified atom stereocenters. The zero-order valence-corrected chi connectivity index (χ0v) is 7.91. The van der Waals surface area contributed by atoms with Crippen LogP contribution in [0.25, 0.3) is 21.9 Å². The summed E-state index contributed by atoms with van der Waals surface area (Å²) in [5, 5.41) is 2.46. The van der Waals surface area contributed by atoms with Gasteiger partial charge in [-0.15, -0.1) is 0 Å². The molecule has 2 heteroatoms. The molecule has 3 rings (SSSR count). The van der Waals surface area contributed by atoms with Gasteiger partial charge in [0.05, 0.1) is 0 Å². The Morgan fingerprint density at radius 3 is 2.93 bits per heavy atom. The van der Waals surface area contributed by atoms with Crippen molar-refractivity contribution in [2.75, 3.05) is 0 Å². The van der Waals surface area contributed by atoms with E-state index in [1.54, 1.807) is 0 Å². The molecule has 0 saturated heterocycles. The Balaban J connectivity index is 2.58. The summed E-state index contributed by atoms with van der Waals surface area (Å²) in [6.45, 7) is 2.06. The van der Waals surface area contributed by atoms with Crippen molar-refractivity contribution >= 4 is 21.9 Å². The number of aromatic nitrogens is 2. The molecule has 1 N–H and O–H groups in total. The largest absolute Gasteiger partial charge is 0.339 e. The van der Waals surface area contributed by atoms with Gasteiger partial charge >= 0.3 is 0 Å². The molecule has 14 heavy (non-hydrogen) atoms. The highest BCUT2D eigenvalue weighted by molar-refractivity contribution is 6.05. The van der Waals surface area contributed by atoms with Gasteiger partial charge in [-0.3, -0.25) is 0 Å². The van der Waals surface area contributed by atoms with Gasteiger partial charge in [0.2, 0.25) is 0 Å². The van der Waals surface area contributed by atoms with Gasteiger partial charge in [-0.1, -0.05) is 18.2 Å². The maximum atomic E-state index is 4.36. The Morgan fingerprint density at radius 2 is 2.00 bits per heavy atom. The van der Waals surface area contributed by atoms with Crippen LogP contribution in [0.4, 0.5) is 0 Å². The highest BCUT2D eigenvalue weighted by Gasteiger charge is 2.03. The quantitative estimate of drug-likeness (QED) is 0.568. The van der Waals surface area contributed by atoms with Gasteiger partial charge < -0.3 is 4.98 Å². The number of para-hydroxylation sites is 1. The number of benzene rings is 1. The van der Waals surface area contributed by atoms with Crippen LogP contribution in [0.3, 0.4) is 0 Å². The number of nitrogens with one attached hydrogen (secondary N) is 1. The van der Waals surface area contributed by atoms with E-state index < -0.39 is 0 Å². The first kappa shape index (κ1) is 7.56. The van der Waals surface area contributed by atoms with E-state index in [0.29, 0.717) is 0 Å². The van der Waals surface area contributed by atoms with Crippen LogP contribution in [0, 0.1) is 6.92 Å². The summed E-state index contributed by atoms with van der Waals surface area (Å²) < 4.78 is 0.